The van der Waals surface area contributed by atoms with Crippen LogP contribution in [0, 0.1) is 5.41 Å². The second kappa shape index (κ2) is 8.25. The number of likely N-dealkylation sites (N-methyl/N-ethyl adjacent to an activating group) is 1. The lowest BCUT2D eigenvalue weighted by Gasteiger charge is -2.58. The van der Waals surface area contributed by atoms with Crippen LogP contribution in [-0.4, -0.2) is 54.9 Å². The Labute approximate surface area is 167 Å². The van der Waals surface area contributed by atoms with Crippen LogP contribution in [0.5, 0.6) is 11.5 Å². The zero-order valence-corrected chi connectivity index (χ0v) is 17.4. The molecule has 0 radical (unpaired) electrons. The molecule has 152 valence electrons. The lowest BCUT2D eigenvalue weighted by molar-refractivity contribution is -0.180. The summed E-state index contributed by atoms with van der Waals surface area (Å²) in [4.78, 5) is 15.0. The second-order valence-electron chi connectivity index (χ2n) is 7.68. The lowest BCUT2D eigenvalue weighted by atomic mass is 9.54. The maximum Gasteiger partial charge on any atom is 0.243 e. The van der Waals surface area contributed by atoms with Crippen molar-refractivity contribution < 1.29 is 19.0 Å². The Morgan fingerprint density at radius 1 is 1.30 bits per heavy atom. The molecule has 0 saturated heterocycles. The molecule has 3 unspecified atom stereocenters. The summed E-state index contributed by atoms with van der Waals surface area (Å²) in [5.41, 5.74) is 5.25. The minimum atomic E-state index is -0.906. The molecule has 0 aromatic heterocycles. The molecular weight excluding hydrogens is 368 g/mol. The van der Waals surface area contributed by atoms with Crippen molar-refractivity contribution in [3.8, 4) is 11.5 Å². The molecule has 1 aliphatic heterocycles. The van der Waals surface area contributed by atoms with E-state index >= 15 is 0 Å². The molecule has 27 heavy (non-hydrogen) atoms. The third-order valence-corrected chi connectivity index (χ3v) is 5.87. The molecule has 1 aromatic rings. The number of nitrogens with zero attached hydrogens (tertiary/aromatic N) is 1. The van der Waals surface area contributed by atoms with E-state index in [-0.39, 0.29) is 30.5 Å². The van der Waals surface area contributed by atoms with Crippen LogP contribution >= 0.6 is 12.4 Å². The van der Waals surface area contributed by atoms with Crippen LogP contribution in [0.15, 0.2) is 24.3 Å². The molecule has 2 N–H and O–H groups in total. The zero-order valence-electron chi connectivity index (χ0n) is 16.6. The van der Waals surface area contributed by atoms with Gasteiger partial charge in [-0.2, -0.15) is 0 Å². The first-order valence-electron chi connectivity index (χ1n) is 9.41. The summed E-state index contributed by atoms with van der Waals surface area (Å²) in [6, 6.07) is 7.59. The van der Waals surface area contributed by atoms with Crippen molar-refractivity contribution in [3.63, 3.8) is 0 Å². The molecule has 3 rings (SSSR count). The van der Waals surface area contributed by atoms with Gasteiger partial charge in [-0.1, -0.05) is 26.0 Å². The van der Waals surface area contributed by atoms with Gasteiger partial charge in [-0.25, -0.2) is 0 Å². The third kappa shape index (κ3) is 3.75. The van der Waals surface area contributed by atoms with E-state index in [0.29, 0.717) is 32.7 Å². The van der Waals surface area contributed by atoms with E-state index in [4.69, 9.17) is 19.9 Å². The van der Waals surface area contributed by atoms with Crippen molar-refractivity contribution in [2.75, 3.05) is 26.3 Å². The molecule has 1 saturated carbocycles. The number of nitrogens with two attached hydrogens (primary N) is 1. The molecule has 0 spiro atoms. The number of ether oxygens (including phenoxy) is 3. The van der Waals surface area contributed by atoms with Gasteiger partial charge in [-0.05, 0) is 26.0 Å². The summed E-state index contributed by atoms with van der Waals surface area (Å²) in [5, 5.41) is 0. The molecular formula is C20H31ClN2O4. The molecule has 6 nitrogen and oxygen atoms in total. The number of hydrogen-bond donors (Lipinski definition) is 1. The van der Waals surface area contributed by atoms with Crippen molar-refractivity contribution in [1.82, 2.24) is 4.90 Å². The second-order valence-corrected chi connectivity index (χ2v) is 7.68. The Morgan fingerprint density at radius 2 is 1.96 bits per heavy atom. The Kier molecular flexibility index (Phi) is 6.66. The lowest BCUT2D eigenvalue weighted by Crippen LogP contribution is -2.76. The normalized spacial score (nSPS) is 27.9. The number of fused-ring (bicyclic) bond motifs is 1. The van der Waals surface area contributed by atoms with Gasteiger partial charge in [0.25, 0.3) is 0 Å². The number of rotatable bonds is 6. The van der Waals surface area contributed by atoms with Gasteiger partial charge in [0, 0.05) is 25.0 Å². The molecule has 2 aliphatic rings. The molecule has 1 fully saturated rings. The highest BCUT2D eigenvalue weighted by Gasteiger charge is 2.63. The predicted octanol–water partition coefficient (Wildman–Crippen LogP) is 2.63. The van der Waals surface area contributed by atoms with Crippen LogP contribution in [0.2, 0.25) is 0 Å². The number of para-hydroxylation sites is 2. The highest BCUT2D eigenvalue weighted by molar-refractivity contribution is 5.89. The van der Waals surface area contributed by atoms with Crippen molar-refractivity contribution in [2.24, 2.45) is 11.1 Å². The molecule has 3 atom stereocenters. The number of carbonyl (C=O) groups is 1. The maximum atomic E-state index is 13.2. The summed E-state index contributed by atoms with van der Waals surface area (Å²) in [7, 11) is 0. The Balaban J connectivity index is 0.00000261. The van der Waals surface area contributed by atoms with Crippen molar-refractivity contribution in [1.29, 1.82) is 0 Å². The quantitative estimate of drug-likeness (QED) is 0.797. The maximum absolute atomic E-state index is 13.2. The minimum absolute atomic E-state index is 0. The first-order chi connectivity index (χ1) is 12.3. The van der Waals surface area contributed by atoms with Gasteiger partial charge in [-0.3, -0.25) is 4.79 Å². The predicted molar refractivity (Wildman–Crippen MR) is 107 cm³/mol. The van der Waals surface area contributed by atoms with Gasteiger partial charge in [0.2, 0.25) is 5.91 Å². The average molecular weight is 399 g/mol. The van der Waals surface area contributed by atoms with Gasteiger partial charge in [-0.15, -0.1) is 12.4 Å². The molecule has 1 amide bonds. The fourth-order valence-electron chi connectivity index (χ4n) is 3.83. The minimum Gasteiger partial charge on any atom is -0.486 e. The van der Waals surface area contributed by atoms with Crippen LogP contribution in [0.25, 0.3) is 0 Å². The summed E-state index contributed by atoms with van der Waals surface area (Å²) in [6.45, 7) is 10.0. The Hall–Kier alpha value is -1.50. The first kappa shape index (κ1) is 21.8. The number of amides is 1. The molecule has 7 heteroatoms. The topological polar surface area (TPSA) is 74.0 Å². The van der Waals surface area contributed by atoms with Crippen LogP contribution in [-0.2, 0) is 9.53 Å². The van der Waals surface area contributed by atoms with Crippen molar-refractivity contribution >= 4 is 18.3 Å². The van der Waals surface area contributed by atoms with E-state index in [2.05, 4.69) is 0 Å². The highest BCUT2D eigenvalue weighted by Crippen LogP contribution is 2.50. The van der Waals surface area contributed by atoms with E-state index in [1.807, 2.05) is 52.0 Å². The summed E-state index contributed by atoms with van der Waals surface area (Å²) >= 11 is 0. The first-order valence-corrected chi connectivity index (χ1v) is 9.41. The van der Waals surface area contributed by atoms with Crippen molar-refractivity contribution in [3.05, 3.63) is 24.3 Å². The molecule has 1 aromatic carbocycles. The van der Waals surface area contributed by atoms with E-state index < -0.39 is 11.0 Å². The molecule has 0 bridgehead atoms. The van der Waals surface area contributed by atoms with E-state index in [1.54, 1.807) is 4.90 Å². The number of carbonyl (C=O) groups excluding carboxylic acids is 1. The van der Waals surface area contributed by atoms with E-state index in [0.717, 1.165) is 11.5 Å². The van der Waals surface area contributed by atoms with Gasteiger partial charge in [0.15, 0.2) is 17.6 Å². The summed E-state index contributed by atoms with van der Waals surface area (Å²) in [5.74, 6) is 1.42. The summed E-state index contributed by atoms with van der Waals surface area (Å²) < 4.78 is 17.5. The Bertz CT molecular complexity index is 669. The van der Waals surface area contributed by atoms with Crippen LogP contribution in [0.3, 0.4) is 0 Å². The van der Waals surface area contributed by atoms with Gasteiger partial charge in [0.1, 0.15) is 12.1 Å². The summed E-state index contributed by atoms with van der Waals surface area (Å²) in [6.07, 6.45) is 0.359. The third-order valence-electron chi connectivity index (χ3n) is 5.87. The monoisotopic (exact) mass is 398 g/mol. The smallest absolute Gasteiger partial charge is 0.243 e. The largest absolute Gasteiger partial charge is 0.486 e. The molecule has 1 aliphatic carbocycles. The SMILES string of the molecule is CCOC1CC(N)(C(=O)N(CC)CC2COc3ccccc3O2)C1(C)C.Cl. The average Bonchev–Trinajstić information content (AvgIpc) is 2.65. The van der Waals surface area contributed by atoms with Gasteiger partial charge < -0.3 is 24.8 Å². The van der Waals surface area contributed by atoms with Crippen molar-refractivity contribution in [2.45, 2.75) is 51.9 Å². The van der Waals surface area contributed by atoms with Crippen LogP contribution in [0.4, 0.5) is 0 Å². The number of halogens is 1. The zero-order chi connectivity index (χ0) is 18.9. The fraction of sp³-hybridized carbons (Fsp3) is 0.650. The van der Waals surface area contributed by atoms with E-state index in [1.165, 1.54) is 0 Å². The van der Waals surface area contributed by atoms with Crippen LogP contribution in [0.1, 0.15) is 34.1 Å². The van der Waals surface area contributed by atoms with E-state index in [9.17, 15) is 4.79 Å². The van der Waals surface area contributed by atoms with Gasteiger partial charge in [0.05, 0.1) is 12.6 Å². The fourth-order valence-corrected chi connectivity index (χ4v) is 3.83. The molecule has 1 heterocycles. The van der Waals surface area contributed by atoms with Gasteiger partial charge >= 0.3 is 0 Å². The van der Waals surface area contributed by atoms with Crippen LogP contribution < -0.4 is 15.2 Å². The highest BCUT2D eigenvalue weighted by atomic mass is 35.5. The Morgan fingerprint density at radius 3 is 2.56 bits per heavy atom. The standard InChI is InChI=1S/C20H30N2O4.ClH/c1-5-22(12-14-13-25-15-9-7-8-10-16(15)26-14)18(23)20(21)11-17(24-6-2)19(20,3)4;/h7-10,14,17H,5-6,11-13,21H2,1-4H3;1H. The number of benzene rings is 1. The number of hydrogen-bond acceptors (Lipinski definition) is 5.